The number of methoxy groups -OCH3 is 1. The Morgan fingerprint density at radius 3 is 2.45 bits per heavy atom. The molecule has 1 aliphatic carbocycles. The molecule has 124 valence electrons. The van der Waals surface area contributed by atoms with E-state index in [2.05, 4.69) is 14.7 Å². The second-order valence-corrected chi connectivity index (χ2v) is 6.01. The van der Waals surface area contributed by atoms with Gasteiger partial charge in [-0.05, 0) is 19.1 Å². The van der Waals surface area contributed by atoms with Crippen molar-refractivity contribution in [3.8, 4) is 0 Å². The zero-order valence-electron chi connectivity index (χ0n) is 12.5. The molecule has 22 heavy (non-hydrogen) atoms. The molecule has 0 N–H and O–H groups in total. The Balaban J connectivity index is 0.000000541. The number of carbonyl (C=O) groups excluding carboxylic acids is 1. The van der Waals surface area contributed by atoms with Crippen molar-refractivity contribution in [2.75, 3.05) is 13.4 Å². The second-order valence-electron chi connectivity index (χ2n) is 4.85. The molecule has 1 heterocycles. The van der Waals surface area contributed by atoms with Gasteiger partial charge in [0.2, 0.25) is 0 Å². The maximum atomic E-state index is 14.4. The van der Waals surface area contributed by atoms with Gasteiger partial charge in [-0.3, -0.25) is 4.79 Å². The molecule has 0 aliphatic heterocycles. The van der Waals surface area contributed by atoms with Crippen LogP contribution in [0, 0.1) is 5.92 Å². The number of rotatable bonds is 4. The predicted octanol–water partition coefficient (Wildman–Crippen LogP) is 4.31. The van der Waals surface area contributed by atoms with Crippen LogP contribution in [0.2, 0.25) is 5.15 Å². The van der Waals surface area contributed by atoms with Crippen molar-refractivity contribution in [1.29, 1.82) is 0 Å². The van der Waals surface area contributed by atoms with Crippen LogP contribution in [0.25, 0.3) is 0 Å². The van der Waals surface area contributed by atoms with E-state index in [4.69, 9.17) is 16.4 Å². The standard InChI is InChI=1S/C12H15ClF2N2S.C2H4O2/c1-18-11-16-9(7-10(13)17-11)12(14,15)8-5-3-2-4-6-8;1-4-2-3/h7-8H,2-6H2,1H3;2H,1H3. The van der Waals surface area contributed by atoms with E-state index in [0.717, 1.165) is 19.3 Å². The predicted molar refractivity (Wildman–Crippen MR) is 82.4 cm³/mol. The van der Waals surface area contributed by atoms with Gasteiger partial charge >= 0.3 is 0 Å². The van der Waals surface area contributed by atoms with Gasteiger partial charge in [0.15, 0.2) is 5.16 Å². The first-order chi connectivity index (χ1) is 10.5. The number of hydrogen-bond acceptors (Lipinski definition) is 5. The van der Waals surface area contributed by atoms with Gasteiger partial charge in [0.25, 0.3) is 12.4 Å². The average molecular weight is 353 g/mol. The lowest BCUT2D eigenvalue weighted by Crippen LogP contribution is -2.29. The molecule has 8 heteroatoms. The lowest BCUT2D eigenvalue weighted by Gasteiger charge is -2.29. The Morgan fingerprint density at radius 1 is 1.36 bits per heavy atom. The summed E-state index contributed by atoms with van der Waals surface area (Å²) >= 11 is 7.00. The first kappa shape index (κ1) is 19.1. The maximum absolute atomic E-state index is 14.4. The molecule has 0 amide bonds. The van der Waals surface area contributed by atoms with E-state index in [1.165, 1.54) is 24.9 Å². The molecular weight excluding hydrogens is 334 g/mol. The smallest absolute Gasteiger partial charge is 0.292 e. The van der Waals surface area contributed by atoms with E-state index in [0.29, 0.717) is 24.5 Å². The number of alkyl halides is 2. The Bertz CT molecular complexity index is 486. The second kappa shape index (κ2) is 9.25. The molecule has 0 saturated heterocycles. The van der Waals surface area contributed by atoms with Crippen molar-refractivity contribution in [2.45, 2.75) is 43.2 Å². The molecule has 1 saturated carbocycles. The molecule has 0 unspecified atom stereocenters. The maximum Gasteiger partial charge on any atom is 0.292 e. The number of nitrogens with zero attached hydrogens (tertiary/aromatic N) is 2. The largest absolute Gasteiger partial charge is 0.471 e. The summed E-state index contributed by atoms with van der Waals surface area (Å²) in [5.41, 5.74) is -0.237. The molecule has 0 atom stereocenters. The number of carbonyl (C=O) groups is 1. The molecule has 0 radical (unpaired) electrons. The average Bonchev–Trinajstić information content (AvgIpc) is 2.55. The molecule has 1 aromatic rings. The molecule has 2 rings (SSSR count). The number of ether oxygens (including phenoxy) is 1. The van der Waals surface area contributed by atoms with Crippen LogP contribution in [0.5, 0.6) is 0 Å². The fourth-order valence-corrected chi connectivity index (χ4v) is 2.95. The molecule has 1 aromatic heterocycles. The highest BCUT2D eigenvalue weighted by atomic mass is 35.5. The van der Waals surface area contributed by atoms with Gasteiger partial charge in [-0.25, -0.2) is 9.97 Å². The summed E-state index contributed by atoms with van der Waals surface area (Å²) < 4.78 is 32.6. The van der Waals surface area contributed by atoms with Gasteiger partial charge in [0.05, 0.1) is 7.11 Å². The molecule has 0 bridgehead atoms. The number of hydrogen-bond donors (Lipinski definition) is 0. The minimum atomic E-state index is -2.91. The van der Waals surface area contributed by atoms with Crippen LogP contribution in [0.1, 0.15) is 37.8 Å². The van der Waals surface area contributed by atoms with Crippen molar-refractivity contribution < 1.29 is 18.3 Å². The monoisotopic (exact) mass is 352 g/mol. The summed E-state index contributed by atoms with van der Waals surface area (Å²) in [6.07, 6.45) is 5.65. The van der Waals surface area contributed by atoms with Gasteiger partial charge in [0.1, 0.15) is 10.8 Å². The zero-order valence-corrected chi connectivity index (χ0v) is 14.1. The normalized spacial score (nSPS) is 15.7. The minimum absolute atomic E-state index is 0.0832. The van der Waals surface area contributed by atoms with E-state index in [1.807, 2.05) is 0 Å². The quantitative estimate of drug-likeness (QED) is 0.350. The van der Waals surface area contributed by atoms with Crippen molar-refractivity contribution >= 4 is 29.8 Å². The Kier molecular flexibility index (Phi) is 8.03. The molecule has 0 spiro atoms. The van der Waals surface area contributed by atoms with E-state index < -0.39 is 11.8 Å². The first-order valence-corrected chi connectivity index (χ1v) is 8.49. The first-order valence-electron chi connectivity index (χ1n) is 6.89. The third kappa shape index (κ3) is 5.35. The van der Waals surface area contributed by atoms with Crippen LogP contribution in [0.3, 0.4) is 0 Å². The van der Waals surface area contributed by atoms with Gasteiger partial charge < -0.3 is 4.74 Å². The lowest BCUT2D eigenvalue weighted by atomic mass is 9.83. The summed E-state index contributed by atoms with van der Waals surface area (Å²) in [5.74, 6) is -3.52. The van der Waals surface area contributed by atoms with Crippen LogP contribution in [-0.2, 0) is 15.5 Å². The van der Waals surface area contributed by atoms with Gasteiger partial charge in [0, 0.05) is 12.0 Å². The van der Waals surface area contributed by atoms with Crippen molar-refractivity contribution in [1.82, 2.24) is 9.97 Å². The van der Waals surface area contributed by atoms with E-state index >= 15 is 0 Å². The minimum Gasteiger partial charge on any atom is -0.471 e. The van der Waals surface area contributed by atoms with Crippen molar-refractivity contribution in [2.24, 2.45) is 5.92 Å². The summed E-state index contributed by atoms with van der Waals surface area (Å²) in [7, 11) is 1.31. The molecule has 1 fully saturated rings. The van der Waals surface area contributed by atoms with Crippen molar-refractivity contribution in [3.05, 3.63) is 16.9 Å². The summed E-state index contributed by atoms with van der Waals surface area (Å²) in [6, 6.07) is 1.19. The Labute approximate surface area is 138 Å². The highest BCUT2D eigenvalue weighted by Gasteiger charge is 2.43. The van der Waals surface area contributed by atoms with Crippen LogP contribution >= 0.6 is 23.4 Å². The SMILES string of the molecule is COC=O.CSc1nc(Cl)cc(C(F)(F)C2CCCCC2)n1. The van der Waals surface area contributed by atoms with Crippen LogP contribution in [0.15, 0.2) is 11.2 Å². The fraction of sp³-hybridized carbons (Fsp3) is 0.643. The molecule has 0 aromatic carbocycles. The zero-order chi connectivity index (χ0) is 16.6. The third-order valence-corrected chi connectivity index (χ3v) is 4.15. The van der Waals surface area contributed by atoms with E-state index in [9.17, 15) is 8.78 Å². The molecular formula is C14H19ClF2N2O2S. The van der Waals surface area contributed by atoms with Crippen LogP contribution in [0.4, 0.5) is 8.78 Å². The highest BCUT2D eigenvalue weighted by Crippen LogP contribution is 2.43. The Hall–Kier alpha value is -0.950. The molecule has 4 nitrogen and oxygen atoms in total. The van der Waals surface area contributed by atoms with Gasteiger partial charge in [-0.2, -0.15) is 8.78 Å². The van der Waals surface area contributed by atoms with Gasteiger partial charge in [-0.1, -0.05) is 42.6 Å². The molecule has 1 aliphatic rings. The van der Waals surface area contributed by atoms with Crippen LogP contribution in [-0.4, -0.2) is 29.8 Å². The number of thioether (sulfide) groups is 1. The van der Waals surface area contributed by atoms with Crippen LogP contribution < -0.4 is 0 Å². The van der Waals surface area contributed by atoms with Crippen molar-refractivity contribution in [3.63, 3.8) is 0 Å². The number of halogens is 3. The summed E-state index contributed by atoms with van der Waals surface area (Å²) in [4.78, 5) is 16.8. The fourth-order valence-electron chi connectivity index (χ4n) is 2.33. The topological polar surface area (TPSA) is 52.1 Å². The highest BCUT2D eigenvalue weighted by molar-refractivity contribution is 7.98. The van der Waals surface area contributed by atoms with E-state index in [-0.39, 0.29) is 10.8 Å². The van der Waals surface area contributed by atoms with Gasteiger partial charge in [-0.15, -0.1) is 0 Å². The third-order valence-electron chi connectivity index (χ3n) is 3.41. The lowest BCUT2D eigenvalue weighted by molar-refractivity contribution is -0.126. The summed E-state index contributed by atoms with van der Waals surface area (Å²) in [5, 5.41) is 0.382. The van der Waals surface area contributed by atoms with E-state index in [1.54, 1.807) is 6.26 Å². The number of aromatic nitrogens is 2. The Morgan fingerprint density at radius 2 is 1.95 bits per heavy atom. The summed E-state index contributed by atoms with van der Waals surface area (Å²) in [6.45, 7) is 0.375.